The minimum absolute atomic E-state index is 0.103. The van der Waals surface area contributed by atoms with Gasteiger partial charge in [0.05, 0.1) is 29.3 Å². The highest BCUT2D eigenvalue weighted by Crippen LogP contribution is 2.29. The Hall–Kier alpha value is -4.32. The normalized spacial score (nSPS) is 15.6. The molecule has 5 aromatic rings. The van der Waals surface area contributed by atoms with E-state index in [0.29, 0.717) is 32.0 Å². The van der Waals surface area contributed by atoms with E-state index in [1.54, 1.807) is 46.6 Å². The molecular formula is C30H31N7O3S. The van der Waals surface area contributed by atoms with E-state index in [0.717, 1.165) is 33.8 Å². The number of hydrogen-bond acceptors (Lipinski definition) is 8. The topological polar surface area (TPSA) is 105 Å². The SMILES string of the molecule is COc1ccc(Nc2nc([C@H](C)N3CCN(S(=O)(=O)c4ccc(-n5cccn5)cc4)CC3)nc3ccccc23)cc1. The second-order valence-electron chi connectivity index (χ2n) is 9.86. The van der Waals surface area contributed by atoms with Gasteiger partial charge in [0.25, 0.3) is 0 Å². The summed E-state index contributed by atoms with van der Waals surface area (Å²) in [5.41, 5.74) is 2.55. The Morgan fingerprint density at radius 3 is 2.29 bits per heavy atom. The van der Waals surface area contributed by atoms with E-state index in [1.807, 2.05) is 60.8 Å². The number of piperazine rings is 1. The molecule has 210 valence electrons. The number of benzene rings is 3. The van der Waals surface area contributed by atoms with Crippen LogP contribution in [0.25, 0.3) is 16.6 Å². The zero-order valence-electron chi connectivity index (χ0n) is 22.9. The summed E-state index contributed by atoms with van der Waals surface area (Å²) in [7, 11) is -1.97. The van der Waals surface area contributed by atoms with Gasteiger partial charge in [-0.25, -0.2) is 23.1 Å². The summed E-state index contributed by atoms with van der Waals surface area (Å²) >= 11 is 0. The lowest BCUT2D eigenvalue weighted by molar-refractivity contribution is 0.141. The van der Waals surface area contributed by atoms with Gasteiger partial charge in [-0.2, -0.15) is 9.40 Å². The van der Waals surface area contributed by atoms with Crippen molar-refractivity contribution in [3.8, 4) is 11.4 Å². The quantitative estimate of drug-likeness (QED) is 0.288. The van der Waals surface area contributed by atoms with E-state index in [1.165, 1.54) is 0 Å². The number of methoxy groups -OCH3 is 1. The molecule has 0 saturated carbocycles. The third-order valence-corrected chi connectivity index (χ3v) is 9.32. The van der Waals surface area contributed by atoms with Crippen LogP contribution in [0.3, 0.4) is 0 Å². The van der Waals surface area contributed by atoms with Crippen LogP contribution in [0, 0.1) is 0 Å². The second-order valence-corrected chi connectivity index (χ2v) is 11.8. The summed E-state index contributed by atoms with van der Waals surface area (Å²) in [6.07, 6.45) is 3.51. The van der Waals surface area contributed by atoms with Gasteiger partial charge in [-0.15, -0.1) is 0 Å². The molecular weight excluding hydrogens is 538 g/mol. The smallest absolute Gasteiger partial charge is 0.243 e. The summed E-state index contributed by atoms with van der Waals surface area (Å²) in [4.78, 5) is 12.3. The number of rotatable bonds is 8. The molecule has 10 nitrogen and oxygen atoms in total. The van der Waals surface area contributed by atoms with Crippen LogP contribution in [-0.4, -0.2) is 70.7 Å². The molecule has 0 aliphatic carbocycles. The Balaban J connectivity index is 1.17. The Labute approximate surface area is 239 Å². The highest BCUT2D eigenvalue weighted by molar-refractivity contribution is 7.89. The highest BCUT2D eigenvalue weighted by atomic mass is 32.2. The molecule has 1 saturated heterocycles. The maximum Gasteiger partial charge on any atom is 0.243 e. The lowest BCUT2D eigenvalue weighted by Gasteiger charge is -2.36. The number of nitrogens with zero attached hydrogens (tertiary/aromatic N) is 6. The number of para-hydroxylation sites is 1. The van der Waals surface area contributed by atoms with E-state index in [9.17, 15) is 8.42 Å². The molecule has 1 fully saturated rings. The fraction of sp³-hybridized carbons (Fsp3) is 0.233. The van der Waals surface area contributed by atoms with Crippen LogP contribution in [-0.2, 0) is 10.0 Å². The number of sulfonamides is 1. The van der Waals surface area contributed by atoms with Gasteiger partial charge in [-0.05, 0) is 73.7 Å². The Kier molecular flexibility index (Phi) is 7.39. The van der Waals surface area contributed by atoms with E-state index in [-0.39, 0.29) is 10.9 Å². The molecule has 3 heterocycles. The Morgan fingerprint density at radius 1 is 0.878 bits per heavy atom. The first-order valence-electron chi connectivity index (χ1n) is 13.4. The lowest BCUT2D eigenvalue weighted by atomic mass is 10.2. The van der Waals surface area contributed by atoms with Crippen LogP contribution in [0.2, 0.25) is 0 Å². The third-order valence-electron chi connectivity index (χ3n) is 7.41. The van der Waals surface area contributed by atoms with Crippen LogP contribution in [0.5, 0.6) is 5.75 Å². The highest BCUT2D eigenvalue weighted by Gasteiger charge is 2.31. The first-order valence-corrected chi connectivity index (χ1v) is 14.9. The van der Waals surface area contributed by atoms with Gasteiger partial charge in [0.15, 0.2) is 0 Å². The largest absolute Gasteiger partial charge is 0.497 e. The fourth-order valence-electron chi connectivity index (χ4n) is 5.02. The molecule has 0 bridgehead atoms. The maximum absolute atomic E-state index is 13.4. The molecule has 41 heavy (non-hydrogen) atoms. The molecule has 1 N–H and O–H groups in total. The van der Waals surface area contributed by atoms with E-state index in [2.05, 4.69) is 22.2 Å². The lowest BCUT2D eigenvalue weighted by Crippen LogP contribution is -2.49. The van der Waals surface area contributed by atoms with E-state index < -0.39 is 10.0 Å². The molecule has 0 amide bonds. The van der Waals surface area contributed by atoms with Crippen LogP contribution >= 0.6 is 0 Å². The molecule has 0 unspecified atom stereocenters. The first kappa shape index (κ1) is 26.9. The average Bonchev–Trinajstić information content (AvgIpc) is 3.56. The van der Waals surface area contributed by atoms with E-state index >= 15 is 0 Å². The number of nitrogens with one attached hydrogen (secondary N) is 1. The molecule has 1 aliphatic heterocycles. The number of aromatic nitrogens is 4. The zero-order valence-corrected chi connectivity index (χ0v) is 23.7. The van der Waals surface area contributed by atoms with Crippen LogP contribution in [0.15, 0.2) is 96.2 Å². The van der Waals surface area contributed by atoms with Crippen molar-refractivity contribution in [2.75, 3.05) is 38.6 Å². The van der Waals surface area contributed by atoms with Crippen LogP contribution in [0.4, 0.5) is 11.5 Å². The van der Waals surface area contributed by atoms with Gasteiger partial charge in [0, 0.05) is 49.6 Å². The summed E-state index contributed by atoms with van der Waals surface area (Å²) in [6.45, 7) is 3.99. The maximum atomic E-state index is 13.4. The molecule has 11 heteroatoms. The monoisotopic (exact) mass is 569 g/mol. The Bertz CT molecular complexity index is 1730. The number of fused-ring (bicyclic) bond motifs is 1. The molecule has 3 aromatic carbocycles. The van der Waals surface area contributed by atoms with Crippen molar-refractivity contribution in [2.45, 2.75) is 17.9 Å². The van der Waals surface area contributed by atoms with Gasteiger partial charge in [-0.1, -0.05) is 12.1 Å². The molecule has 0 radical (unpaired) electrons. The zero-order chi connectivity index (χ0) is 28.4. The minimum atomic E-state index is -3.61. The van der Waals surface area contributed by atoms with Gasteiger partial charge in [-0.3, -0.25) is 4.90 Å². The van der Waals surface area contributed by atoms with Gasteiger partial charge in [0.1, 0.15) is 17.4 Å². The van der Waals surface area contributed by atoms with Gasteiger partial charge < -0.3 is 10.1 Å². The first-order chi connectivity index (χ1) is 19.9. The standard InChI is InChI=1S/C30H31N7O3S/c1-22(29-33-28-7-4-3-6-27(28)30(34-29)32-23-8-12-25(40-2)13-9-23)35-18-20-36(21-19-35)41(38,39)26-14-10-24(11-15-26)37-17-5-16-31-37/h3-17,22H,18-21H2,1-2H3,(H,32,33,34)/t22-/m0/s1. The van der Waals surface area contributed by atoms with Crippen molar-refractivity contribution in [2.24, 2.45) is 0 Å². The molecule has 0 spiro atoms. The molecule has 2 aromatic heterocycles. The van der Waals surface area contributed by atoms with E-state index in [4.69, 9.17) is 14.7 Å². The summed E-state index contributed by atoms with van der Waals surface area (Å²) in [6, 6.07) is 24.2. The molecule has 6 rings (SSSR count). The fourth-order valence-corrected chi connectivity index (χ4v) is 6.45. The number of anilines is 2. The second kappa shape index (κ2) is 11.3. The van der Waals surface area contributed by atoms with Crippen molar-refractivity contribution in [1.29, 1.82) is 0 Å². The van der Waals surface area contributed by atoms with Crippen molar-refractivity contribution < 1.29 is 13.2 Å². The number of ether oxygens (including phenoxy) is 1. The van der Waals surface area contributed by atoms with Crippen molar-refractivity contribution >= 4 is 32.4 Å². The summed E-state index contributed by atoms with van der Waals surface area (Å²) in [5.74, 6) is 2.19. The van der Waals surface area contributed by atoms with Gasteiger partial charge in [0.2, 0.25) is 10.0 Å². The Morgan fingerprint density at radius 2 is 1.61 bits per heavy atom. The van der Waals surface area contributed by atoms with Crippen molar-refractivity contribution in [1.82, 2.24) is 29.0 Å². The average molecular weight is 570 g/mol. The number of hydrogen-bond donors (Lipinski definition) is 1. The summed E-state index contributed by atoms with van der Waals surface area (Å²) in [5, 5.41) is 8.56. The van der Waals surface area contributed by atoms with Crippen molar-refractivity contribution in [3.63, 3.8) is 0 Å². The van der Waals surface area contributed by atoms with Crippen molar-refractivity contribution in [3.05, 3.63) is 97.1 Å². The van der Waals surface area contributed by atoms with Crippen LogP contribution in [0.1, 0.15) is 18.8 Å². The third kappa shape index (κ3) is 5.51. The minimum Gasteiger partial charge on any atom is -0.497 e. The molecule has 1 aliphatic rings. The van der Waals surface area contributed by atoms with Gasteiger partial charge >= 0.3 is 0 Å². The summed E-state index contributed by atoms with van der Waals surface area (Å²) < 4.78 is 35.3. The predicted molar refractivity (Wildman–Crippen MR) is 158 cm³/mol. The molecule has 1 atom stereocenters. The predicted octanol–water partition coefficient (Wildman–Crippen LogP) is 4.64. The van der Waals surface area contributed by atoms with Crippen LogP contribution < -0.4 is 10.1 Å².